The van der Waals surface area contributed by atoms with Crippen molar-refractivity contribution in [3.63, 3.8) is 0 Å². The minimum Gasteiger partial charge on any atom is -0.496 e. The highest BCUT2D eigenvalue weighted by atomic mass is 16.5. The maximum absolute atomic E-state index is 12.7. The van der Waals surface area contributed by atoms with E-state index < -0.39 is 0 Å². The van der Waals surface area contributed by atoms with Crippen LogP contribution in [0.15, 0.2) is 42.6 Å². The van der Waals surface area contributed by atoms with Crippen LogP contribution in [0.25, 0.3) is 5.57 Å². The highest BCUT2D eigenvalue weighted by molar-refractivity contribution is 5.94. The molecule has 0 unspecified atom stereocenters. The monoisotopic (exact) mass is 407 g/mol. The van der Waals surface area contributed by atoms with E-state index in [4.69, 9.17) is 9.47 Å². The summed E-state index contributed by atoms with van der Waals surface area (Å²) in [5.74, 6) is 1.58. The van der Waals surface area contributed by atoms with Crippen LogP contribution in [0.3, 0.4) is 0 Å². The summed E-state index contributed by atoms with van der Waals surface area (Å²) in [4.78, 5) is 19.1. The van der Waals surface area contributed by atoms with Crippen LogP contribution in [-0.2, 0) is 0 Å². The molecular weight excluding hydrogens is 378 g/mol. The molecule has 158 valence electrons. The topological polar surface area (TPSA) is 63.7 Å². The number of carbonyl (C=O) groups excluding carboxylic acids is 1. The maximum Gasteiger partial charge on any atom is 0.255 e. The number of pyridine rings is 1. The number of fused-ring (bicyclic) bond motifs is 1. The maximum atomic E-state index is 12.7. The molecule has 1 N–H and O–H groups in total. The van der Waals surface area contributed by atoms with Crippen molar-refractivity contribution in [2.45, 2.75) is 32.3 Å². The minimum absolute atomic E-state index is 0.00723. The number of piperidine rings is 1. The van der Waals surface area contributed by atoms with E-state index in [9.17, 15) is 4.79 Å². The van der Waals surface area contributed by atoms with Gasteiger partial charge < -0.3 is 19.7 Å². The van der Waals surface area contributed by atoms with E-state index in [1.54, 1.807) is 18.2 Å². The first-order chi connectivity index (χ1) is 14.6. The van der Waals surface area contributed by atoms with Crippen LogP contribution in [0.2, 0.25) is 0 Å². The first-order valence-electron chi connectivity index (χ1n) is 10.7. The molecule has 2 aromatic rings. The molecule has 0 bridgehead atoms. The molecule has 1 spiro atoms. The van der Waals surface area contributed by atoms with E-state index in [0.717, 1.165) is 54.3 Å². The smallest absolute Gasteiger partial charge is 0.255 e. The van der Waals surface area contributed by atoms with E-state index >= 15 is 0 Å². The fraction of sp³-hybridized carbons (Fsp3) is 0.417. The lowest BCUT2D eigenvalue weighted by Crippen LogP contribution is -2.46. The first-order valence-corrected chi connectivity index (χ1v) is 10.7. The quantitative estimate of drug-likeness (QED) is 0.822. The van der Waals surface area contributed by atoms with Crippen molar-refractivity contribution in [2.24, 2.45) is 0 Å². The van der Waals surface area contributed by atoms with E-state index in [-0.39, 0.29) is 11.5 Å². The molecule has 0 saturated carbocycles. The normalized spacial score (nSPS) is 17.0. The Balaban J connectivity index is 1.76. The summed E-state index contributed by atoms with van der Waals surface area (Å²) in [5.41, 5.74) is 2.99. The van der Waals surface area contributed by atoms with Crippen LogP contribution < -0.4 is 14.8 Å². The van der Waals surface area contributed by atoms with Gasteiger partial charge in [0.15, 0.2) is 0 Å². The van der Waals surface area contributed by atoms with Gasteiger partial charge in [-0.15, -0.1) is 0 Å². The molecule has 6 nitrogen and oxygen atoms in total. The summed E-state index contributed by atoms with van der Waals surface area (Å²) in [6.07, 6.45) is 5.67. The number of benzene rings is 1. The second kappa shape index (κ2) is 8.48. The summed E-state index contributed by atoms with van der Waals surface area (Å²) in [7, 11) is 1.67. The van der Waals surface area contributed by atoms with Crippen LogP contribution in [0, 0.1) is 0 Å². The Kier molecular flexibility index (Phi) is 5.77. The van der Waals surface area contributed by atoms with Gasteiger partial charge in [0.25, 0.3) is 5.91 Å². The van der Waals surface area contributed by atoms with Crippen LogP contribution in [-0.4, -0.2) is 54.7 Å². The number of aromatic nitrogens is 1. The highest BCUT2D eigenvalue weighted by Gasteiger charge is 2.38. The fourth-order valence-corrected chi connectivity index (χ4v) is 4.29. The van der Waals surface area contributed by atoms with Crippen LogP contribution in [0.4, 0.5) is 0 Å². The van der Waals surface area contributed by atoms with Gasteiger partial charge in [-0.3, -0.25) is 9.78 Å². The van der Waals surface area contributed by atoms with Crippen molar-refractivity contribution < 1.29 is 14.3 Å². The predicted octanol–water partition coefficient (Wildman–Crippen LogP) is 3.52. The number of carbonyl (C=O) groups is 1. The molecular formula is C24H29N3O3. The Hall–Kier alpha value is -2.86. The number of ether oxygens (including phenoxy) is 2. The van der Waals surface area contributed by atoms with Crippen molar-refractivity contribution in [1.29, 1.82) is 0 Å². The Morgan fingerprint density at radius 2 is 1.97 bits per heavy atom. The number of rotatable bonds is 5. The summed E-state index contributed by atoms with van der Waals surface area (Å²) >= 11 is 0. The van der Waals surface area contributed by atoms with Gasteiger partial charge >= 0.3 is 0 Å². The van der Waals surface area contributed by atoms with Crippen LogP contribution in [0.1, 0.15) is 48.3 Å². The van der Waals surface area contributed by atoms with E-state index in [1.165, 1.54) is 0 Å². The second-order valence-corrected chi connectivity index (χ2v) is 7.72. The third-order valence-corrected chi connectivity index (χ3v) is 5.98. The minimum atomic E-state index is -0.350. The van der Waals surface area contributed by atoms with E-state index in [1.807, 2.05) is 44.2 Å². The van der Waals surface area contributed by atoms with Gasteiger partial charge in [0.05, 0.1) is 23.9 Å². The lowest BCUT2D eigenvalue weighted by Gasteiger charge is -2.40. The van der Waals surface area contributed by atoms with Crippen LogP contribution in [0.5, 0.6) is 11.5 Å². The van der Waals surface area contributed by atoms with Gasteiger partial charge in [0.1, 0.15) is 17.1 Å². The zero-order chi connectivity index (χ0) is 21.1. The van der Waals surface area contributed by atoms with Crippen molar-refractivity contribution >= 4 is 11.5 Å². The van der Waals surface area contributed by atoms with Crippen molar-refractivity contribution in [1.82, 2.24) is 15.2 Å². The third-order valence-electron chi connectivity index (χ3n) is 5.98. The van der Waals surface area contributed by atoms with E-state index in [2.05, 4.69) is 16.4 Å². The standard InChI is InChI=1S/C24H29N3O3/c1-4-27(5-2)23(28)17-9-10-19(26-16-17)18-15-24(11-13-25-14-12-24)30-21-8-6-7-20(29-3)22(18)21/h6-10,15-16,25H,4-5,11-14H2,1-3H3. The molecule has 1 fully saturated rings. The molecule has 0 atom stereocenters. The third kappa shape index (κ3) is 3.67. The molecule has 0 radical (unpaired) electrons. The molecule has 2 aliphatic rings. The zero-order valence-corrected chi connectivity index (χ0v) is 17.9. The summed E-state index contributed by atoms with van der Waals surface area (Å²) in [6, 6.07) is 9.68. The number of nitrogens with zero attached hydrogens (tertiary/aromatic N) is 2. The number of hydrogen-bond acceptors (Lipinski definition) is 5. The molecule has 2 aliphatic heterocycles. The van der Waals surface area contributed by atoms with Crippen molar-refractivity contribution in [2.75, 3.05) is 33.3 Å². The Bertz CT molecular complexity index is 943. The zero-order valence-electron chi connectivity index (χ0n) is 17.9. The molecule has 30 heavy (non-hydrogen) atoms. The Labute approximate surface area is 177 Å². The van der Waals surface area contributed by atoms with Crippen molar-refractivity contribution in [3.05, 3.63) is 59.4 Å². The average molecular weight is 408 g/mol. The van der Waals surface area contributed by atoms with Gasteiger partial charge in [-0.25, -0.2) is 0 Å². The largest absolute Gasteiger partial charge is 0.496 e. The van der Waals surface area contributed by atoms with Crippen LogP contribution >= 0.6 is 0 Å². The van der Waals surface area contributed by atoms with Gasteiger partial charge in [-0.05, 0) is 57.3 Å². The van der Waals surface area contributed by atoms with Gasteiger partial charge in [0.2, 0.25) is 0 Å². The SMILES string of the molecule is CCN(CC)C(=O)c1ccc(C2=CC3(CCNCC3)Oc3cccc(OC)c32)nc1. The lowest BCUT2D eigenvalue weighted by molar-refractivity contribution is 0.0771. The second-order valence-electron chi connectivity index (χ2n) is 7.72. The number of amides is 1. The molecule has 3 heterocycles. The fourth-order valence-electron chi connectivity index (χ4n) is 4.29. The molecule has 0 aliphatic carbocycles. The first kappa shape index (κ1) is 20.4. The Morgan fingerprint density at radius 1 is 1.20 bits per heavy atom. The molecule has 6 heteroatoms. The number of nitrogens with one attached hydrogen (secondary N) is 1. The molecule has 4 rings (SSSR count). The van der Waals surface area contributed by atoms with Gasteiger partial charge in [-0.1, -0.05) is 6.07 Å². The summed E-state index contributed by atoms with van der Waals surface area (Å²) in [5, 5.41) is 3.41. The van der Waals surface area contributed by atoms with Crippen molar-refractivity contribution in [3.8, 4) is 11.5 Å². The molecule has 1 aromatic heterocycles. The number of hydrogen-bond donors (Lipinski definition) is 1. The molecule has 1 aromatic carbocycles. The summed E-state index contributed by atoms with van der Waals surface area (Å²) in [6.45, 7) is 7.15. The Morgan fingerprint density at radius 3 is 2.60 bits per heavy atom. The lowest BCUT2D eigenvalue weighted by atomic mass is 9.84. The molecule has 1 saturated heterocycles. The highest BCUT2D eigenvalue weighted by Crippen LogP contribution is 2.46. The molecule has 1 amide bonds. The number of methoxy groups -OCH3 is 1. The summed E-state index contributed by atoms with van der Waals surface area (Å²) < 4.78 is 12.1. The van der Waals surface area contributed by atoms with Gasteiger partial charge in [-0.2, -0.15) is 0 Å². The predicted molar refractivity (Wildman–Crippen MR) is 117 cm³/mol. The van der Waals surface area contributed by atoms with Gasteiger partial charge in [0, 0.05) is 37.7 Å². The van der Waals surface area contributed by atoms with E-state index in [0.29, 0.717) is 18.7 Å². The average Bonchev–Trinajstić information content (AvgIpc) is 2.79.